The van der Waals surface area contributed by atoms with E-state index in [0.717, 1.165) is 10.2 Å². The van der Waals surface area contributed by atoms with E-state index in [4.69, 9.17) is 5.73 Å². The molecule has 0 heterocycles. The Morgan fingerprint density at radius 2 is 1.86 bits per heavy atom. The van der Waals surface area contributed by atoms with Gasteiger partial charge in [-0.05, 0) is 55.3 Å². The summed E-state index contributed by atoms with van der Waals surface area (Å²) in [6.45, 7) is 3.31. The van der Waals surface area contributed by atoms with Gasteiger partial charge in [-0.3, -0.25) is 4.79 Å². The Morgan fingerprint density at radius 3 is 2.38 bits per heavy atom. The van der Waals surface area contributed by atoms with Gasteiger partial charge >= 0.3 is 0 Å². The Bertz CT molecular complexity index is 672. The van der Waals surface area contributed by atoms with Crippen LogP contribution in [0.15, 0.2) is 46.9 Å². The Morgan fingerprint density at radius 1 is 1.24 bits per heavy atom. The quantitative estimate of drug-likeness (QED) is 0.882. The molecule has 0 saturated heterocycles. The van der Waals surface area contributed by atoms with Gasteiger partial charge in [0.05, 0.1) is 0 Å². The maximum Gasteiger partial charge on any atom is 0.247 e. The highest BCUT2D eigenvalue weighted by Crippen LogP contribution is 2.28. The van der Waals surface area contributed by atoms with Crippen molar-refractivity contribution < 1.29 is 9.18 Å². The molecule has 0 aliphatic rings. The van der Waals surface area contributed by atoms with Crippen LogP contribution in [-0.2, 0) is 10.3 Å². The van der Waals surface area contributed by atoms with Crippen molar-refractivity contribution in [2.45, 2.75) is 19.4 Å². The molecular weight excluding hydrogens is 335 g/mol. The fourth-order valence-corrected chi connectivity index (χ4v) is 2.27. The highest BCUT2D eigenvalue weighted by atomic mass is 79.9. The zero-order valence-electron chi connectivity index (χ0n) is 11.8. The van der Waals surface area contributed by atoms with Gasteiger partial charge in [0.1, 0.15) is 11.4 Å². The smallest absolute Gasteiger partial charge is 0.247 e. The minimum absolute atomic E-state index is 0.363. The fraction of sp³-hybridized carbons (Fsp3) is 0.188. The Balaban J connectivity index is 2.42. The molecule has 0 spiro atoms. The molecule has 0 fully saturated rings. The number of amides is 1. The predicted octanol–water partition coefficient (Wildman–Crippen LogP) is 3.71. The lowest BCUT2D eigenvalue weighted by Crippen LogP contribution is -2.45. The maximum absolute atomic E-state index is 13.8. The Hall–Kier alpha value is -1.88. The zero-order chi connectivity index (χ0) is 15.6. The van der Waals surface area contributed by atoms with Gasteiger partial charge in [-0.2, -0.15) is 0 Å². The molecule has 110 valence electrons. The van der Waals surface area contributed by atoms with Crippen LogP contribution in [0.5, 0.6) is 0 Å². The van der Waals surface area contributed by atoms with Crippen molar-refractivity contribution in [2.24, 2.45) is 5.73 Å². The lowest BCUT2D eigenvalue weighted by atomic mass is 9.90. The molecule has 0 aliphatic carbocycles. The second-order valence-corrected chi connectivity index (χ2v) is 6.00. The van der Waals surface area contributed by atoms with Crippen LogP contribution in [0.25, 0.3) is 0 Å². The first kappa shape index (κ1) is 15.5. The molecule has 5 heteroatoms. The maximum atomic E-state index is 13.8. The number of rotatable bonds is 4. The van der Waals surface area contributed by atoms with Crippen molar-refractivity contribution in [3.8, 4) is 0 Å². The van der Waals surface area contributed by atoms with Gasteiger partial charge in [-0.25, -0.2) is 4.39 Å². The SMILES string of the molecule is Cc1ccc(C(C)(Nc2ccc(Br)cc2)C(N)=O)cc1F. The molecule has 2 aromatic carbocycles. The molecular formula is C16H16BrFN2O. The first-order chi connectivity index (χ1) is 9.83. The third kappa shape index (κ3) is 3.24. The standard InChI is InChI=1S/C16H16BrFN2O/c1-10-3-4-11(9-14(10)18)16(2,15(19)21)20-13-7-5-12(17)6-8-13/h3-9,20H,1-2H3,(H2,19,21). The van der Waals surface area contributed by atoms with E-state index in [1.807, 2.05) is 24.3 Å². The third-order valence-electron chi connectivity index (χ3n) is 3.48. The van der Waals surface area contributed by atoms with E-state index in [9.17, 15) is 9.18 Å². The van der Waals surface area contributed by atoms with E-state index in [0.29, 0.717) is 11.1 Å². The molecule has 3 nitrogen and oxygen atoms in total. The van der Waals surface area contributed by atoms with E-state index in [2.05, 4.69) is 21.2 Å². The van der Waals surface area contributed by atoms with Crippen molar-refractivity contribution in [1.82, 2.24) is 0 Å². The van der Waals surface area contributed by atoms with Crippen LogP contribution in [0.4, 0.5) is 10.1 Å². The molecule has 0 radical (unpaired) electrons. The highest BCUT2D eigenvalue weighted by Gasteiger charge is 2.33. The van der Waals surface area contributed by atoms with Crippen LogP contribution in [0.1, 0.15) is 18.1 Å². The number of carbonyl (C=O) groups is 1. The molecule has 0 bridgehead atoms. The van der Waals surface area contributed by atoms with Crippen LogP contribution in [0.2, 0.25) is 0 Å². The van der Waals surface area contributed by atoms with Gasteiger partial charge in [0.2, 0.25) is 5.91 Å². The van der Waals surface area contributed by atoms with Gasteiger partial charge in [0.25, 0.3) is 0 Å². The number of aryl methyl sites for hydroxylation is 1. The summed E-state index contributed by atoms with van der Waals surface area (Å²) in [6, 6.07) is 12.0. The molecule has 3 N–H and O–H groups in total. The van der Waals surface area contributed by atoms with E-state index in [1.54, 1.807) is 26.0 Å². The molecule has 0 aromatic heterocycles. The molecule has 1 atom stereocenters. The number of halogens is 2. The lowest BCUT2D eigenvalue weighted by molar-refractivity contribution is -0.122. The highest BCUT2D eigenvalue weighted by molar-refractivity contribution is 9.10. The fourth-order valence-electron chi connectivity index (χ4n) is 2.00. The average molecular weight is 351 g/mol. The number of hydrogen-bond acceptors (Lipinski definition) is 2. The summed E-state index contributed by atoms with van der Waals surface area (Å²) in [5.74, 6) is -0.939. The minimum Gasteiger partial charge on any atom is -0.368 e. The van der Waals surface area contributed by atoms with E-state index >= 15 is 0 Å². The molecule has 0 aliphatic heterocycles. The summed E-state index contributed by atoms with van der Waals surface area (Å²) >= 11 is 3.35. The van der Waals surface area contributed by atoms with Crippen LogP contribution >= 0.6 is 15.9 Å². The molecule has 2 rings (SSSR count). The molecule has 1 unspecified atom stereocenters. The van der Waals surface area contributed by atoms with Crippen LogP contribution < -0.4 is 11.1 Å². The number of anilines is 1. The van der Waals surface area contributed by atoms with Gasteiger partial charge < -0.3 is 11.1 Å². The van der Waals surface area contributed by atoms with E-state index in [-0.39, 0.29) is 5.82 Å². The number of primary amides is 1. The summed E-state index contributed by atoms with van der Waals surface area (Å²) in [6.07, 6.45) is 0. The third-order valence-corrected chi connectivity index (χ3v) is 4.01. The van der Waals surface area contributed by atoms with Gasteiger partial charge in [0, 0.05) is 10.2 Å². The summed E-state index contributed by atoms with van der Waals surface area (Å²) in [7, 11) is 0. The molecule has 21 heavy (non-hydrogen) atoms. The number of nitrogens with one attached hydrogen (secondary N) is 1. The van der Waals surface area contributed by atoms with Gasteiger partial charge in [0.15, 0.2) is 0 Å². The minimum atomic E-state index is -1.19. The normalized spacial score (nSPS) is 13.5. The van der Waals surface area contributed by atoms with E-state index in [1.165, 1.54) is 6.07 Å². The second kappa shape index (κ2) is 5.85. The predicted molar refractivity (Wildman–Crippen MR) is 85.4 cm³/mol. The number of nitrogens with two attached hydrogens (primary N) is 1. The molecule has 2 aromatic rings. The average Bonchev–Trinajstić information content (AvgIpc) is 2.44. The monoisotopic (exact) mass is 350 g/mol. The summed E-state index contributed by atoms with van der Waals surface area (Å²) in [4.78, 5) is 11.9. The first-order valence-corrected chi connectivity index (χ1v) is 7.22. The summed E-state index contributed by atoms with van der Waals surface area (Å²) in [5.41, 5.74) is 6.08. The number of carbonyl (C=O) groups excluding carboxylic acids is 1. The van der Waals surface area contributed by atoms with Crippen LogP contribution in [0.3, 0.4) is 0 Å². The van der Waals surface area contributed by atoms with Gasteiger partial charge in [-0.15, -0.1) is 0 Å². The van der Waals surface area contributed by atoms with Crippen molar-refractivity contribution in [3.63, 3.8) is 0 Å². The summed E-state index contributed by atoms with van der Waals surface area (Å²) in [5, 5.41) is 3.08. The van der Waals surface area contributed by atoms with Crippen molar-refractivity contribution in [1.29, 1.82) is 0 Å². The number of benzene rings is 2. The van der Waals surface area contributed by atoms with Crippen molar-refractivity contribution in [3.05, 3.63) is 63.9 Å². The molecule has 0 saturated carbocycles. The largest absolute Gasteiger partial charge is 0.368 e. The van der Waals surface area contributed by atoms with Crippen molar-refractivity contribution in [2.75, 3.05) is 5.32 Å². The molecule has 1 amide bonds. The van der Waals surface area contributed by atoms with Gasteiger partial charge in [-0.1, -0.05) is 28.1 Å². The van der Waals surface area contributed by atoms with E-state index < -0.39 is 11.4 Å². The second-order valence-electron chi connectivity index (χ2n) is 5.09. The number of hydrogen-bond donors (Lipinski definition) is 2. The summed E-state index contributed by atoms with van der Waals surface area (Å²) < 4.78 is 14.7. The Labute approximate surface area is 131 Å². The van der Waals surface area contributed by atoms with Crippen LogP contribution in [-0.4, -0.2) is 5.91 Å². The van der Waals surface area contributed by atoms with Crippen molar-refractivity contribution >= 4 is 27.5 Å². The Kier molecular flexibility index (Phi) is 4.32. The van der Waals surface area contributed by atoms with Crippen LogP contribution in [0, 0.1) is 12.7 Å². The lowest BCUT2D eigenvalue weighted by Gasteiger charge is -2.29. The zero-order valence-corrected chi connectivity index (χ0v) is 13.4. The topological polar surface area (TPSA) is 55.1 Å². The first-order valence-electron chi connectivity index (χ1n) is 6.43.